The van der Waals surface area contributed by atoms with Crippen LogP contribution >= 0.6 is 0 Å². The van der Waals surface area contributed by atoms with E-state index >= 15 is 0 Å². The zero-order chi connectivity index (χ0) is 16.8. The van der Waals surface area contributed by atoms with Gasteiger partial charge in [-0.25, -0.2) is 0 Å². The first-order valence-electron chi connectivity index (χ1n) is 7.72. The lowest BCUT2D eigenvalue weighted by Crippen LogP contribution is -2.26. The molecule has 1 atom stereocenters. The van der Waals surface area contributed by atoms with Crippen LogP contribution in [0.2, 0.25) is 0 Å². The van der Waals surface area contributed by atoms with E-state index in [0.717, 1.165) is 16.9 Å². The molecule has 6 nitrogen and oxygen atoms in total. The number of benzene rings is 1. The maximum Gasteiger partial charge on any atom is 0.226 e. The summed E-state index contributed by atoms with van der Waals surface area (Å²) in [6, 6.07) is 5.84. The molecule has 2 rings (SSSR count). The molecule has 2 aromatic rings. The summed E-state index contributed by atoms with van der Waals surface area (Å²) >= 11 is 0. The molecule has 0 aliphatic rings. The molecule has 0 unspecified atom stereocenters. The number of hydrogen-bond acceptors (Lipinski definition) is 5. The third-order valence-corrected chi connectivity index (χ3v) is 3.59. The van der Waals surface area contributed by atoms with Gasteiger partial charge in [-0.15, -0.1) is 0 Å². The summed E-state index contributed by atoms with van der Waals surface area (Å²) in [5, 5.41) is 6.73. The van der Waals surface area contributed by atoms with Crippen molar-refractivity contribution >= 4 is 5.91 Å². The number of nitrogens with one attached hydrogen (secondary N) is 1. The van der Waals surface area contributed by atoms with Gasteiger partial charge in [0.1, 0.15) is 5.75 Å². The Morgan fingerprint density at radius 1 is 1.39 bits per heavy atom. The standard InChI is InChI=1S/C17H23N3O3/c1-11-8-9-15(22-4)14(10-11)12(2)18-16(21)6-5-7-17-19-13(3)20-23-17/h8-10,12H,5-7H2,1-4H3,(H,18,21)/t12-/m0/s1. The molecule has 0 spiro atoms. The number of ether oxygens (including phenoxy) is 1. The summed E-state index contributed by atoms with van der Waals surface area (Å²) < 4.78 is 10.4. The van der Waals surface area contributed by atoms with Crippen molar-refractivity contribution in [3.05, 3.63) is 41.0 Å². The molecule has 1 heterocycles. The molecule has 0 saturated heterocycles. The number of nitrogens with zero attached hydrogens (tertiary/aromatic N) is 2. The van der Waals surface area contributed by atoms with E-state index in [4.69, 9.17) is 9.26 Å². The number of carbonyl (C=O) groups is 1. The van der Waals surface area contributed by atoms with Crippen LogP contribution in [0.1, 0.15) is 48.6 Å². The lowest BCUT2D eigenvalue weighted by Gasteiger charge is -2.18. The number of hydrogen-bond donors (Lipinski definition) is 1. The van der Waals surface area contributed by atoms with Gasteiger partial charge in [0.25, 0.3) is 0 Å². The largest absolute Gasteiger partial charge is 0.496 e. The van der Waals surface area contributed by atoms with E-state index < -0.39 is 0 Å². The third kappa shape index (κ3) is 4.81. The van der Waals surface area contributed by atoms with Crippen molar-refractivity contribution in [3.63, 3.8) is 0 Å². The highest BCUT2D eigenvalue weighted by Gasteiger charge is 2.14. The molecule has 1 amide bonds. The van der Waals surface area contributed by atoms with Crippen LogP contribution in [-0.2, 0) is 11.2 Å². The normalized spacial score (nSPS) is 12.0. The monoisotopic (exact) mass is 317 g/mol. The Morgan fingerprint density at radius 3 is 2.83 bits per heavy atom. The third-order valence-electron chi connectivity index (χ3n) is 3.59. The van der Waals surface area contributed by atoms with E-state index in [1.54, 1.807) is 14.0 Å². The van der Waals surface area contributed by atoms with Gasteiger partial charge >= 0.3 is 0 Å². The molecule has 0 bridgehead atoms. The Labute approximate surface area is 136 Å². The minimum atomic E-state index is -0.108. The van der Waals surface area contributed by atoms with Gasteiger partial charge in [0.15, 0.2) is 5.82 Å². The molecule has 0 radical (unpaired) electrons. The number of rotatable bonds is 7. The Bertz CT molecular complexity index is 667. The number of methoxy groups -OCH3 is 1. The predicted molar refractivity (Wildman–Crippen MR) is 86.3 cm³/mol. The molecule has 1 aromatic carbocycles. The molecule has 1 aromatic heterocycles. The van der Waals surface area contributed by atoms with E-state index in [0.29, 0.717) is 31.0 Å². The van der Waals surface area contributed by atoms with E-state index in [1.165, 1.54) is 0 Å². The predicted octanol–water partition coefficient (Wildman–Crippen LogP) is 2.90. The molecule has 6 heteroatoms. The summed E-state index contributed by atoms with van der Waals surface area (Å²) in [6.45, 7) is 5.75. The van der Waals surface area contributed by atoms with Crippen LogP contribution in [0.3, 0.4) is 0 Å². The van der Waals surface area contributed by atoms with Gasteiger partial charge in [-0.3, -0.25) is 4.79 Å². The molecular formula is C17H23N3O3. The zero-order valence-corrected chi connectivity index (χ0v) is 14.0. The maximum atomic E-state index is 12.1. The minimum Gasteiger partial charge on any atom is -0.496 e. The quantitative estimate of drug-likeness (QED) is 0.849. The first-order chi connectivity index (χ1) is 11.0. The first-order valence-corrected chi connectivity index (χ1v) is 7.72. The van der Waals surface area contributed by atoms with Crippen LogP contribution in [0.5, 0.6) is 5.75 Å². The summed E-state index contributed by atoms with van der Waals surface area (Å²) in [7, 11) is 1.63. The Hall–Kier alpha value is -2.37. The topological polar surface area (TPSA) is 77.2 Å². The van der Waals surface area contributed by atoms with E-state index in [9.17, 15) is 4.79 Å². The second kappa shape index (κ2) is 7.76. The fraction of sp³-hybridized carbons (Fsp3) is 0.471. The fourth-order valence-corrected chi connectivity index (χ4v) is 2.43. The van der Waals surface area contributed by atoms with Crippen molar-refractivity contribution in [1.29, 1.82) is 0 Å². The van der Waals surface area contributed by atoms with Crippen LogP contribution in [0.15, 0.2) is 22.7 Å². The molecule has 23 heavy (non-hydrogen) atoms. The molecule has 1 N–H and O–H groups in total. The number of carbonyl (C=O) groups excluding carboxylic acids is 1. The van der Waals surface area contributed by atoms with Gasteiger partial charge < -0.3 is 14.6 Å². The van der Waals surface area contributed by atoms with E-state index in [-0.39, 0.29) is 11.9 Å². The average molecular weight is 317 g/mol. The molecule has 0 aliphatic carbocycles. The smallest absolute Gasteiger partial charge is 0.226 e. The molecule has 0 fully saturated rings. The Kier molecular flexibility index (Phi) is 5.73. The SMILES string of the molecule is COc1ccc(C)cc1[C@H](C)NC(=O)CCCc1nc(C)no1. The molecule has 0 aliphatic heterocycles. The van der Waals surface area contributed by atoms with Crippen LogP contribution in [0.25, 0.3) is 0 Å². The highest BCUT2D eigenvalue weighted by atomic mass is 16.5. The van der Waals surface area contributed by atoms with Crippen molar-refractivity contribution in [3.8, 4) is 5.75 Å². The fourth-order valence-electron chi connectivity index (χ4n) is 2.43. The van der Waals surface area contributed by atoms with Gasteiger partial charge in [0.05, 0.1) is 13.2 Å². The van der Waals surface area contributed by atoms with Gasteiger partial charge in [-0.05, 0) is 33.3 Å². The number of amides is 1. The van der Waals surface area contributed by atoms with Crippen LogP contribution in [0, 0.1) is 13.8 Å². The van der Waals surface area contributed by atoms with Crippen molar-refractivity contribution in [1.82, 2.24) is 15.5 Å². The summed E-state index contributed by atoms with van der Waals surface area (Å²) in [5.41, 5.74) is 2.11. The Balaban J connectivity index is 1.86. The maximum absolute atomic E-state index is 12.1. The molecule has 124 valence electrons. The summed E-state index contributed by atoms with van der Waals surface area (Å²) in [6.07, 6.45) is 1.70. The Morgan fingerprint density at radius 2 is 2.17 bits per heavy atom. The van der Waals surface area contributed by atoms with E-state index in [2.05, 4.69) is 15.5 Å². The van der Waals surface area contributed by atoms with Gasteiger partial charge in [-0.2, -0.15) is 4.98 Å². The van der Waals surface area contributed by atoms with Gasteiger partial charge in [0, 0.05) is 18.4 Å². The highest BCUT2D eigenvalue weighted by molar-refractivity contribution is 5.76. The summed E-state index contributed by atoms with van der Waals surface area (Å²) in [4.78, 5) is 16.2. The van der Waals surface area contributed by atoms with Crippen molar-refractivity contribution < 1.29 is 14.1 Å². The van der Waals surface area contributed by atoms with Crippen LogP contribution < -0.4 is 10.1 Å². The lowest BCUT2D eigenvalue weighted by molar-refractivity contribution is -0.121. The number of aromatic nitrogens is 2. The van der Waals surface area contributed by atoms with Crippen molar-refractivity contribution in [2.24, 2.45) is 0 Å². The highest BCUT2D eigenvalue weighted by Crippen LogP contribution is 2.26. The average Bonchev–Trinajstić information content (AvgIpc) is 2.92. The minimum absolute atomic E-state index is 0.00250. The van der Waals surface area contributed by atoms with E-state index in [1.807, 2.05) is 32.0 Å². The van der Waals surface area contributed by atoms with Crippen molar-refractivity contribution in [2.75, 3.05) is 7.11 Å². The lowest BCUT2D eigenvalue weighted by atomic mass is 10.0. The second-order valence-corrected chi connectivity index (χ2v) is 5.62. The van der Waals surface area contributed by atoms with Gasteiger partial charge in [-0.1, -0.05) is 22.9 Å². The van der Waals surface area contributed by atoms with Crippen LogP contribution in [-0.4, -0.2) is 23.2 Å². The second-order valence-electron chi connectivity index (χ2n) is 5.62. The molecular weight excluding hydrogens is 294 g/mol. The molecule has 0 saturated carbocycles. The summed E-state index contributed by atoms with van der Waals surface area (Å²) in [5.74, 6) is 1.97. The van der Waals surface area contributed by atoms with Crippen LogP contribution in [0.4, 0.5) is 0 Å². The van der Waals surface area contributed by atoms with Crippen molar-refractivity contribution in [2.45, 2.75) is 46.1 Å². The zero-order valence-electron chi connectivity index (χ0n) is 14.0. The number of aryl methyl sites for hydroxylation is 3. The first kappa shape index (κ1) is 17.0. The van der Waals surface area contributed by atoms with Gasteiger partial charge in [0.2, 0.25) is 11.8 Å².